The molecule has 0 spiro atoms. The normalized spacial score (nSPS) is 13.2. The van der Waals surface area contributed by atoms with E-state index in [4.69, 9.17) is 4.55 Å². The molecule has 0 aliphatic carbocycles. The van der Waals surface area contributed by atoms with Gasteiger partial charge in [-0.05, 0) is 35.3 Å². The molecule has 8 nitrogen and oxygen atoms in total. The first-order chi connectivity index (χ1) is 7.89. The molecular weight excluding hydrogens is 250 g/mol. The summed E-state index contributed by atoms with van der Waals surface area (Å²) in [5, 5.41) is 17.6. The van der Waals surface area contributed by atoms with Crippen molar-refractivity contribution in [3.05, 3.63) is 12.1 Å². The van der Waals surface area contributed by atoms with Crippen LogP contribution in [-0.4, -0.2) is 29.2 Å². The number of fused-ring (bicyclic) bond motifs is 1. The van der Waals surface area contributed by atoms with Crippen molar-refractivity contribution in [3.8, 4) is 0 Å². The lowest BCUT2D eigenvalue weighted by Gasteiger charge is -2.03. The van der Waals surface area contributed by atoms with Crippen molar-refractivity contribution >= 4 is 32.7 Å². The lowest BCUT2D eigenvalue weighted by Crippen LogP contribution is -2.11. The average molecular weight is 256 g/mol. The Kier molecular flexibility index (Phi) is 2.56. The minimum absolute atomic E-state index is 0.00433. The van der Waals surface area contributed by atoms with E-state index in [0.29, 0.717) is 0 Å². The predicted molar refractivity (Wildman–Crippen MR) is 54.4 cm³/mol. The second-order valence-corrected chi connectivity index (χ2v) is 4.54. The minimum Gasteiger partial charge on any atom is -0.862 e. The van der Waals surface area contributed by atoms with Crippen molar-refractivity contribution in [2.24, 2.45) is 4.99 Å². The van der Waals surface area contributed by atoms with Crippen LogP contribution in [0.4, 0.5) is 5.69 Å². The van der Waals surface area contributed by atoms with Gasteiger partial charge in [-0.1, -0.05) is 0 Å². The Morgan fingerprint density at radius 1 is 1.41 bits per heavy atom. The molecule has 0 aliphatic rings. The Hall–Kier alpha value is -2.00. The SMILES string of the molecule is CC([O-])=Nc1ccc(S(=O)(=O)O)c2nonc12. The van der Waals surface area contributed by atoms with Crippen LogP contribution in [0.5, 0.6) is 0 Å². The highest BCUT2D eigenvalue weighted by molar-refractivity contribution is 7.86. The number of nitrogens with zero attached hydrogens (tertiary/aromatic N) is 3. The molecule has 0 amide bonds. The number of aromatic nitrogens is 2. The van der Waals surface area contributed by atoms with E-state index in [1.165, 1.54) is 13.0 Å². The standard InChI is InChI=1S/C8H7N3O5S/c1-4(12)9-5-2-3-6(17(13,14)15)8-7(5)10-16-11-8/h2-3H,1H3,(H,9,12)(H,13,14,15)/p-1. The third-order valence-corrected chi connectivity index (χ3v) is 2.80. The molecule has 1 heterocycles. The molecule has 0 radical (unpaired) electrons. The van der Waals surface area contributed by atoms with E-state index in [2.05, 4.69) is 19.9 Å². The van der Waals surface area contributed by atoms with Crippen LogP contribution < -0.4 is 5.11 Å². The lowest BCUT2D eigenvalue weighted by atomic mass is 10.2. The number of hydrogen-bond donors (Lipinski definition) is 1. The summed E-state index contributed by atoms with van der Waals surface area (Å²) in [6.45, 7) is 1.23. The van der Waals surface area contributed by atoms with Crippen LogP contribution in [0.2, 0.25) is 0 Å². The zero-order valence-corrected chi connectivity index (χ0v) is 9.30. The molecule has 1 aromatic carbocycles. The van der Waals surface area contributed by atoms with Gasteiger partial charge in [0.1, 0.15) is 4.90 Å². The maximum Gasteiger partial charge on any atom is 0.296 e. The molecule has 0 fully saturated rings. The highest BCUT2D eigenvalue weighted by Gasteiger charge is 2.19. The molecule has 0 bridgehead atoms. The van der Waals surface area contributed by atoms with Crippen LogP contribution >= 0.6 is 0 Å². The molecule has 2 rings (SSSR count). The van der Waals surface area contributed by atoms with Crippen molar-refractivity contribution in [1.82, 2.24) is 10.3 Å². The zero-order chi connectivity index (χ0) is 12.6. The third kappa shape index (κ3) is 2.10. The van der Waals surface area contributed by atoms with Gasteiger partial charge in [-0.2, -0.15) is 8.42 Å². The van der Waals surface area contributed by atoms with Crippen molar-refractivity contribution in [2.45, 2.75) is 11.8 Å². The van der Waals surface area contributed by atoms with E-state index >= 15 is 0 Å². The van der Waals surface area contributed by atoms with Gasteiger partial charge in [0.05, 0.1) is 5.69 Å². The first kappa shape index (κ1) is 11.5. The largest absolute Gasteiger partial charge is 0.862 e. The summed E-state index contributed by atoms with van der Waals surface area (Å²) in [6.07, 6.45) is 0. The monoisotopic (exact) mass is 256 g/mol. The van der Waals surface area contributed by atoms with Crippen molar-refractivity contribution in [2.75, 3.05) is 0 Å². The van der Waals surface area contributed by atoms with Crippen LogP contribution in [0.25, 0.3) is 11.0 Å². The molecule has 90 valence electrons. The van der Waals surface area contributed by atoms with Gasteiger partial charge in [-0.3, -0.25) is 9.55 Å². The highest BCUT2D eigenvalue weighted by Crippen LogP contribution is 2.28. The molecule has 0 unspecified atom stereocenters. The first-order valence-electron chi connectivity index (χ1n) is 4.34. The Balaban J connectivity index is 2.81. The second-order valence-electron chi connectivity index (χ2n) is 3.15. The number of aliphatic imine (C=N–C) groups is 1. The Labute approximate surface area is 95.3 Å². The van der Waals surface area contributed by atoms with Crippen LogP contribution in [0.3, 0.4) is 0 Å². The van der Waals surface area contributed by atoms with E-state index in [1.807, 2.05) is 0 Å². The number of hydrogen-bond acceptors (Lipinski definition) is 7. The maximum absolute atomic E-state index is 11.0. The fourth-order valence-corrected chi connectivity index (χ4v) is 1.92. The van der Waals surface area contributed by atoms with E-state index in [-0.39, 0.29) is 16.7 Å². The minimum atomic E-state index is -4.43. The molecule has 0 saturated carbocycles. The van der Waals surface area contributed by atoms with Gasteiger partial charge < -0.3 is 5.11 Å². The number of benzene rings is 1. The first-order valence-corrected chi connectivity index (χ1v) is 5.78. The van der Waals surface area contributed by atoms with Crippen molar-refractivity contribution in [1.29, 1.82) is 0 Å². The quantitative estimate of drug-likeness (QED) is 0.450. The molecule has 9 heteroatoms. The second kappa shape index (κ2) is 3.79. The third-order valence-electron chi connectivity index (χ3n) is 1.91. The van der Waals surface area contributed by atoms with Crippen LogP contribution in [0.15, 0.2) is 26.6 Å². The van der Waals surface area contributed by atoms with Gasteiger partial charge in [-0.15, -0.1) is 0 Å². The summed E-state index contributed by atoms with van der Waals surface area (Å²) in [6, 6.07) is 2.31. The van der Waals surface area contributed by atoms with E-state index < -0.39 is 20.9 Å². The van der Waals surface area contributed by atoms with Crippen molar-refractivity contribution < 1.29 is 22.7 Å². The fourth-order valence-electron chi connectivity index (χ4n) is 1.30. The zero-order valence-electron chi connectivity index (χ0n) is 8.48. The van der Waals surface area contributed by atoms with Gasteiger partial charge in [-0.25, -0.2) is 4.63 Å². The topological polar surface area (TPSA) is 129 Å². The Morgan fingerprint density at radius 2 is 2.06 bits per heavy atom. The fraction of sp³-hybridized carbons (Fsp3) is 0.125. The Morgan fingerprint density at radius 3 is 2.65 bits per heavy atom. The summed E-state index contributed by atoms with van der Waals surface area (Å²) in [5.74, 6) is -0.478. The van der Waals surface area contributed by atoms with Gasteiger partial charge in [0.15, 0.2) is 11.0 Å². The van der Waals surface area contributed by atoms with Gasteiger partial charge in [0, 0.05) is 0 Å². The summed E-state index contributed by atoms with van der Waals surface area (Å²) in [5.41, 5.74) is -0.0496. The number of rotatable bonds is 2. The Bertz CT molecular complexity index is 699. The maximum atomic E-state index is 11.0. The smallest absolute Gasteiger partial charge is 0.296 e. The molecule has 1 N–H and O–H groups in total. The molecular formula is C8H6N3O5S-. The summed E-state index contributed by atoms with van der Waals surface area (Å²) in [4.78, 5) is 3.16. The summed E-state index contributed by atoms with van der Waals surface area (Å²) < 4.78 is 35.4. The summed E-state index contributed by atoms with van der Waals surface area (Å²) in [7, 11) is -4.43. The van der Waals surface area contributed by atoms with E-state index in [0.717, 1.165) is 6.07 Å². The molecule has 0 saturated heterocycles. The molecule has 0 aliphatic heterocycles. The van der Waals surface area contributed by atoms with Crippen LogP contribution in [-0.2, 0) is 10.1 Å². The molecule has 2 aromatic rings. The summed E-state index contributed by atoms with van der Waals surface area (Å²) >= 11 is 0. The van der Waals surface area contributed by atoms with E-state index in [1.54, 1.807) is 0 Å². The highest BCUT2D eigenvalue weighted by atomic mass is 32.2. The van der Waals surface area contributed by atoms with Gasteiger partial charge in [0.25, 0.3) is 10.1 Å². The van der Waals surface area contributed by atoms with Gasteiger partial charge in [0.2, 0.25) is 0 Å². The van der Waals surface area contributed by atoms with Gasteiger partial charge >= 0.3 is 0 Å². The molecule has 1 aromatic heterocycles. The van der Waals surface area contributed by atoms with Crippen molar-refractivity contribution in [3.63, 3.8) is 0 Å². The van der Waals surface area contributed by atoms with Crippen LogP contribution in [0.1, 0.15) is 6.92 Å². The molecule has 17 heavy (non-hydrogen) atoms. The predicted octanol–water partition coefficient (Wildman–Crippen LogP) is -0.120. The molecule has 0 atom stereocenters. The average Bonchev–Trinajstić information content (AvgIpc) is 2.63. The lowest BCUT2D eigenvalue weighted by molar-refractivity contribution is -0.215. The van der Waals surface area contributed by atoms with Crippen LogP contribution in [0, 0.1) is 0 Å². The van der Waals surface area contributed by atoms with E-state index in [9.17, 15) is 13.5 Å².